The number of halogens is 2. The number of carbonyl (C=O) groups excluding carboxylic acids is 1. The van der Waals surface area contributed by atoms with Gasteiger partial charge in [0.25, 0.3) is 5.91 Å². The maximum Gasteiger partial charge on any atom is 0.271 e. The van der Waals surface area contributed by atoms with Crippen molar-refractivity contribution in [3.8, 4) is 17.2 Å². The topological polar surface area (TPSA) is 69.2 Å². The number of hydrogen-bond acceptors (Lipinski definition) is 5. The maximum atomic E-state index is 12.3. The highest BCUT2D eigenvalue weighted by molar-refractivity contribution is 6.32. The summed E-state index contributed by atoms with van der Waals surface area (Å²) < 4.78 is 16.8. The molecule has 0 saturated carbocycles. The highest BCUT2D eigenvalue weighted by Crippen LogP contribution is 2.36. The second-order valence-electron chi connectivity index (χ2n) is 7.02. The third-order valence-electron chi connectivity index (χ3n) is 4.52. The number of nitrogens with one attached hydrogen (secondary N) is 1. The highest BCUT2D eigenvalue weighted by Gasteiger charge is 2.12. The molecule has 0 atom stereocenters. The summed E-state index contributed by atoms with van der Waals surface area (Å²) in [6.45, 7) is 2.97. The van der Waals surface area contributed by atoms with E-state index in [1.807, 2.05) is 19.1 Å². The first kappa shape index (κ1) is 24.4. The number of hydrogen-bond donors (Lipinski definition) is 1. The van der Waals surface area contributed by atoms with Crippen molar-refractivity contribution in [3.05, 3.63) is 87.4 Å². The van der Waals surface area contributed by atoms with Crippen LogP contribution in [0.1, 0.15) is 34.8 Å². The van der Waals surface area contributed by atoms with Crippen LogP contribution in [0.15, 0.2) is 65.8 Å². The molecule has 0 spiro atoms. The molecule has 8 heteroatoms. The Hall–Kier alpha value is -3.22. The largest absolute Gasteiger partial charge is 0.494 e. The average Bonchev–Trinajstić information content (AvgIpc) is 2.83. The summed E-state index contributed by atoms with van der Waals surface area (Å²) in [5.74, 6) is 1.25. The summed E-state index contributed by atoms with van der Waals surface area (Å²) in [5, 5.41) is 5.03. The van der Waals surface area contributed by atoms with Crippen LogP contribution in [0, 0.1) is 0 Å². The molecule has 172 valence electrons. The average molecular weight is 487 g/mol. The van der Waals surface area contributed by atoms with E-state index in [1.54, 1.807) is 48.5 Å². The van der Waals surface area contributed by atoms with Crippen molar-refractivity contribution >= 4 is 35.3 Å². The van der Waals surface area contributed by atoms with Crippen molar-refractivity contribution in [2.45, 2.75) is 20.0 Å². The number of amides is 1. The Bertz CT molecular complexity index is 1100. The third kappa shape index (κ3) is 7.14. The molecule has 0 radical (unpaired) electrons. The molecule has 3 rings (SSSR count). The fourth-order valence-electron chi connectivity index (χ4n) is 2.84. The van der Waals surface area contributed by atoms with Gasteiger partial charge in [-0.3, -0.25) is 4.79 Å². The van der Waals surface area contributed by atoms with Gasteiger partial charge in [-0.15, -0.1) is 0 Å². The van der Waals surface area contributed by atoms with Gasteiger partial charge in [-0.2, -0.15) is 5.10 Å². The Balaban J connectivity index is 1.62. The molecule has 0 saturated heterocycles. The van der Waals surface area contributed by atoms with Gasteiger partial charge < -0.3 is 14.2 Å². The van der Waals surface area contributed by atoms with Crippen molar-refractivity contribution in [3.63, 3.8) is 0 Å². The van der Waals surface area contributed by atoms with Crippen LogP contribution in [-0.4, -0.2) is 25.8 Å². The van der Waals surface area contributed by atoms with E-state index in [9.17, 15) is 4.79 Å². The Morgan fingerprint density at radius 3 is 2.42 bits per heavy atom. The summed E-state index contributed by atoms with van der Waals surface area (Å²) in [4.78, 5) is 12.3. The predicted molar refractivity (Wildman–Crippen MR) is 131 cm³/mol. The fourth-order valence-corrected chi connectivity index (χ4v) is 3.24. The van der Waals surface area contributed by atoms with Gasteiger partial charge in [-0.05, 0) is 66.1 Å². The van der Waals surface area contributed by atoms with Crippen LogP contribution in [-0.2, 0) is 6.61 Å². The quantitative estimate of drug-likeness (QED) is 0.276. The van der Waals surface area contributed by atoms with Crippen molar-refractivity contribution in [2.75, 3.05) is 13.7 Å². The van der Waals surface area contributed by atoms with Crippen LogP contribution in [0.4, 0.5) is 0 Å². The molecule has 6 nitrogen and oxygen atoms in total. The normalized spacial score (nSPS) is 10.8. The molecular weight excluding hydrogens is 463 g/mol. The van der Waals surface area contributed by atoms with E-state index in [-0.39, 0.29) is 5.91 Å². The van der Waals surface area contributed by atoms with Gasteiger partial charge in [-0.25, -0.2) is 5.43 Å². The number of carbonyl (C=O) groups is 1. The molecule has 3 aromatic carbocycles. The van der Waals surface area contributed by atoms with Gasteiger partial charge in [0.2, 0.25) is 0 Å². The molecular formula is C25H24Cl2N2O4. The minimum absolute atomic E-state index is 0.305. The molecule has 0 aliphatic heterocycles. The van der Waals surface area contributed by atoms with E-state index < -0.39 is 0 Å². The monoisotopic (exact) mass is 486 g/mol. The zero-order valence-electron chi connectivity index (χ0n) is 18.3. The van der Waals surface area contributed by atoms with Gasteiger partial charge in [0.15, 0.2) is 11.5 Å². The van der Waals surface area contributed by atoms with Crippen molar-refractivity contribution < 1.29 is 19.0 Å². The van der Waals surface area contributed by atoms with E-state index in [0.29, 0.717) is 45.9 Å². The summed E-state index contributed by atoms with van der Waals surface area (Å²) in [7, 11) is 1.53. The minimum Gasteiger partial charge on any atom is -0.494 e. The molecule has 0 unspecified atom stereocenters. The summed E-state index contributed by atoms with van der Waals surface area (Å²) >= 11 is 12.3. The Kier molecular flexibility index (Phi) is 8.98. The highest BCUT2D eigenvalue weighted by atomic mass is 35.5. The number of rotatable bonds is 10. The third-order valence-corrected chi connectivity index (χ3v) is 5.05. The lowest BCUT2D eigenvalue weighted by molar-refractivity contribution is 0.0955. The zero-order valence-corrected chi connectivity index (χ0v) is 19.8. The van der Waals surface area contributed by atoms with Crippen molar-refractivity contribution in [2.24, 2.45) is 5.10 Å². The summed E-state index contributed by atoms with van der Waals surface area (Å²) in [6, 6.07) is 17.6. The molecule has 0 aliphatic carbocycles. The second kappa shape index (κ2) is 12.1. The van der Waals surface area contributed by atoms with Crippen LogP contribution >= 0.6 is 23.2 Å². The van der Waals surface area contributed by atoms with Crippen molar-refractivity contribution in [1.29, 1.82) is 0 Å². The van der Waals surface area contributed by atoms with E-state index in [2.05, 4.69) is 10.5 Å². The van der Waals surface area contributed by atoms with E-state index in [4.69, 9.17) is 37.4 Å². The Morgan fingerprint density at radius 1 is 1.03 bits per heavy atom. The molecule has 0 heterocycles. The fraction of sp³-hybridized carbons (Fsp3) is 0.200. The lowest BCUT2D eigenvalue weighted by atomic mass is 10.2. The molecule has 3 aromatic rings. The minimum atomic E-state index is -0.339. The predicted octanol–water partition coefficient (Wildman–Crippen LogP) is 6.13. The standard InChI is InChI=1S/C25H24Cl2N2O4/c1-3-12-32-21-10-6-19(7-11-21)25(30)29-28-15-18-13-22(27)24(23(14-18)31-2)33-16-17-4-8-20(26)9-5-17/h4-11,13-15H,3,12,16H2,1-2H3,(H,29,30)/b28-15+. The number of benzene rings is 3. The molecule has 0 bridgehead atoms. The molecule has 1 amide bonds. The van der Waals surface area contributed by atoms with E-state index in [1.165, 1.54) is 13.3 Å². The van der Waals surface area contributed by atoms with Crippen LogP contribution in [0.2, 0.25) is 10.0 Å². The van der Waals surface area contributed by atoms with Crippen LogP contribution in [0.5, 0.6) is 17.2 Å². The van der Waals surface area contributed by atoms with Gasteiger partial charge in [-0.1, -0.05) is 42.3 Å². The molecule has 33 heavy (non-hydrogen) atoms. The number of hydrazone groups is 1. The van der Waals surface area contributed by atoms with Gasteiger partial charge in [0, 0.05) is 10.6 Å². The summed E-state index contributed by atoms with van der Waals surface area (Å²) in [6.07, 6.45) is 2.40. The molecule has 0 aliphatic rings. The van der Waals surface area contributed by atoms with Gasteiger partial charge in [0.05, 0.1) is 25.0 Å². The molecule has 0 fully saturated rings. The lowest BCUT2D eigenvalue weighted by Crippen LogP contribution is -2.17. The molecule has 1 N–H and O–H groups in total. The first-order valence-electron chi connectivity index (χ1n) is 10.3. The zero-order chi connectivity index (χ0) is 23.6. The SMILES string of the molecule is CCCOc1ccc(C(=O)N/N=C/c2cc(Cl)c(OCc3ccc(Cl)cc3)c(OC)c2)cc1. The smallest absolute Gasteiger partial charge is 0.271 e. The first-order valence-corrected chi connectivity index (χ1v) is 11.1. The number of methoxy groups -OCH3 is 1. The van der Waals surface area contributed by atoms with Crippen molar-refractivity contribution in [1.82, 2.24) is 5.43 Å². The number of ether oxygens (including phenoxy) is 3. The van der Waals surface area contributed by atoms with E-state index in [0.717, 1.165) is 17.7 Å². The Labute approximate surface area is 203 Å². The van der Waals surface area contributed by atoms with Gasteiger partial charge >= 0.3 is 0 Å². The maximum absolute atomic E-state index is 12.3. The Morgan fingerprint density at radius 2 is 1.76 bits per heavy atom. The van der Waals surface area contributed by atoms with Gasteiger partial charge in [0.1, 0.15) is 12.4 Å². The summed E-state index contributed by atoms with van der Waals surface area (Å²) in [5.41, 5.74) is 4.55. The van der Waals surface area contributed by atoms with E-state index >= 15 is 0 Å². The lowest BCUT2D eigenvalue weighted by Gasteiger charge is -2.13. The number of nitrogens with zero attached hydrogens (tertiary/aromatic N) is 1. The van der Waals surface area contributed by atoms with Crippen LogP contribution in [0.3, 0.4) is 0 Å². The van der Waals surface area contributed by atoms with Crippen LogP contribution in [0.25, 0.3) is 0 Å². The first-order chi connectivity index (χ1) is 16.0. The second-order valence-corrected chi connectivity index (χ2v) is 7.86. The molecule has 0 aromatic heterocycles. The van der Waals surface area contributed by atoms with Crippen LogP contribution < -0.4 is 19.6 Å².